The summed E-state index contributed by atoms with van der Waals surface area (Å²) in [5.74, 6) is 0.878. The Labute approximate surface area is 158 Å². The largest absolute Gasteiger partial charge is 0.493 e. The number of methoxy groups -OCH3 is 3. The molecule has 0 aliphatic rings. The van der Waals surface area contributed by atoms with Crippen LogP contribution in [0.25, 0.3) is 0 Å². The molecule has 0 radical (unpaired) electrons. The van der Waals surface area contributed by atoms with Crippen molar-refractivity contribution in [2.24, 2.45) is 5.10 Å². The van der Waals surface area contributed by atoms with E-state index in [1.54, 1.807) is 12.1 Å². The Hall–Kier alpha value is -3.83. The number of carbonyl (C=O) groups is 1. The summed E-state index contributed by atoms with van der Waals surface area (Å²) in [6.45, 7) is 0.119. The maximum atomic E-state index is 11.8. The first kappa shape index (κ1) is 20.5. The minimum atomic E-state index is -0.713. The highest BCUT2D eigenvalue weighted by atomic mass is 16.5. The lowest BCUT2D eigenvalue weighted by molar-refractivity contribution is -0.120. The topological polar surface area (TPSA) is 160 Å². The molecular formula is C16H20N6O6. The van der Waals surface area contributed by atoms with E-state index in [4.69, 9.17) is 14.2 Å². The molecule has 0 fully saturated rings. The van der Waals surface area contributed by atoms with Gasteiger partial charge in [0, 0.05) is 18.5 Å². The average molecular weight is 392 g/mol. The Kier molecular flexibility index (Phi) is 7.13. The van der Waals surface area contributed by atoms with E-state index >= 15 is 0 Å². The summed E-state index contributed by atoms with van der Waals surface area (Å²) >= 11 is 0. The molecule has 1 amide bonds. The number of aromatic amines is 2. The second kappa shape index (κ2) is 9.75. The van der Waals surface area contributed by atoms with E-state index in [0.717, 1.165) is 0 Å². The van der Waals surface area contributed by atoms with Crippen molar-refractivity contribution in [2.75, 3.05) is 33.2 Å². The number of nitrogens with zero attached hydrogens (tertiary/aromatic N) is 2. The van der Waals surface area contributed by atoms with Crippen molar-refractivity contribution in [2.45, 2.75) is 6.42 Å². The minimum Gasteiger partial charge on any atom is -0.493 e. The lowest BCUT2D eigenvalue weighted by Crippen LogP contribution is -2.28. The molecule has 0 aliphatic carbocycles. The zero-order chi connectivity index (χ0) is 20.5. The first-order chi connectivity index (χ1) is 13.5. The van der Waals surface area contributed by atoms with Gasteiger partial charge in [-0.15, -0.1) is 5.10 Å². The molecule has 0 bridgehead atoms. The minimum absolute atomic E-state index is 0.0207. The van der Waals surface area contributed by atoms with Gasteiger partial charge in [0.1, 0.15) is 0 Å². The monoisotopic (exact) mass is 392 g/mol. The molecule has 28 heavy (non-hydrogen) atoms. The van der Waals surface area contributed by atoms with Gasteiger partial charge < -0.3 is 19.5 Å². The predicted molar refractivity (Wildman–Crippen MR) is 100 cm³/mol. The van der Waals surface area contributed by atoms with Gasteiger partial charge in [-0.3, -0.25) is 14.6 Å². The summed E-state index contributed by atoms with van der Waals surface area (Å²) in [5.41, 5.74) is 1.59. The van der Waals surface area contributed by atoms with Crippen LogP contribution in [0.4, 0.5) is 5.82 Å². The molecule has 0 spiro atoms. The number of nitrogens with one attached hydrogen (secondary N) is 4. The van der Waals surface area contributed by atoms with Gasteiger partial charge in [-0.05, 0) is 12.1 Å². The van der Waals surface area contributed by atoms with Gasteiger partial charge in [0.15, 0.2) is 11.5 Å². The number of anilines is 1. The maximum absolute atomic E-state index is 11.8. The summed E-state index contributed by atoms with van der Waals surface area (Å²) < 4.78 is 15.7. The van der Waals surface area contributed by atoms with Gasteiger partial charge >= 0.3 is 5.69 Å². The predicted octanol–water partition coefficient (Wildman–Crippen LogP) is -0.564. The molecule has 2 rings (SSSR count). The van der Waals surface area contributed by atoms with Crippen molar-refractivity contribution in [3.8, 4) is 17.2 Å². The SMILES string of the molecule is COc1cc(/C=N/NC(=O)CCNc2n[nH]c(=O)[nH]c2=O)cc(OC)c1OC. The van der Waals surface area contributed by atoms with E-state index in [9.17, 15) is 14.4 Å². The fourth-order valence-corrected chi connectivity index (χ4v) is 2.17. The van der Waals surface area contributed by atoms with Crippen molar-refractivity contribution in [3.63, 3.8) is 0 Å². The number of ether oxygens (including phenoxy) is 3. The number of amides is 1. The van der Waals surface area contributed by atoms with E-state index in [1.165, 1.54) is 27.5 Å². The Morgan fingerprint density at radius 1 is 1.18 bits per heavy atom. The number of aromatic nitrogens is 3. The normalized spacial score (nSPS) is 10.5. The van der Waals surface area contributed by atoms with Crippen molar-refractivity contribution >= 4 is 17.9 Å². The highest BCUT2D eigenvalue weighted by Crippen LogP contribution is 2.37. The second-order valence-electron chi connectivity index (χ2n) is 5.28. The highest BCUT2D eigenvalue weighted by Gasteiger charge is 2.12. The molecule has 0 atom stereocenters. The van der Waals surface area contributed by atoms with E-state index < -0.39 is 17.2 Å². The average Bonchev–Trinajstić information content (AvgIpc) is 2.68. The van der Waals surface area contributed by atoms with Gasteiger partial charge in [-0.25, -0.2) is 15.3 Å². The molecule has 0 saturated heterocycles. The van der Waals surface area contributed by atoms with E-state index in [0.29, 0.717) is 22.8 Å². The lowest BCUT2D eigenvalue weighted by Gasteiger charge is -2.12. The van der Waals surface area contributed by atoms with Crippen LogP contribution in [0.3, 0.4) is 0 Å². The fraction of sp³-hybridized carbons (Fsp3) is 0.312. The second-order valence-corrected chi connectivity index (χ2v) is 5.28. The number of hydrogen-bond donors (Lipinski definition) is 4. The third-order valence-electron chi connectivity index (χ3n) is 3.45. The van der Waals surface area contributed by atoms with Crippen molar-refractivity contribution in [3.05, 3.63) is 38.5 Å². The van der Waals surface area contributed by atoms with Gasteiger partial charge in [-0.1, -0.05) is 0 Å². The number of hydrogen-bond acceptors (Lipinski definition) is 9. The van der Waals surface area contributed by atoms with E-state index in [-0.39, 0.29) is 18.8 Å². The number of benzene rings is 1. The Balaban J connectivity index is 1.90. The van der Waals surface area contributed by atoms with Crippen molar-refractivity contribution < 1.29 is 19.0 Å². The first-order valence-corrected chi connectivity index (χ1v) is 8.03. The molecule has 0 saturated carbocycles. The molecule has 0 unspecified atom stereocenters. The number of hydrazone groups is 1. The van der Waals surface area contributed by atoms with E-state index in [2.05, 4.69) is 26.0 Å². The Morgan fingerprint density at radius 3 is 2.43 bits per heavy atom. The van der Waals surface area contributed by atoms with Crippen LogP contribution < -0.4 is 36.2 Å². The third kappa shape index (κ3) is 5.33. The zero-order valence-electron chi connectivity index (χ0n) is 15.5. The third-order valence-corrected chi connectivity index (χ3v) is 3.45. The summed E-state index contributed by atoms with van der Waals surface area (Å²) in [6.07, 6.45) is 1.44. The molecule has 12 heteroatoms. The van der Waals surface area contributed by atoms with Gasteiger partial charge in [-0.2, -0.15) is 5.10 Å². The van der Waals surface area contributed by atoms with Gasteiger partial charge in [0.05, 0.1) is 27.5 Å². The van der Waals surface area contributed by atoms with Gasteiger partial charge in [0.25, 0.3) is 5.56 Å². The summed E-state index contributed by atoms with van der Waals surface area (Å²) in [5, 5.41) is 12.1. The Morgan fingerprint density at radius 2 is 1.86 bits per heavy atom. The van der Waals surface area contributed by atoms with Crippen LogP contribution in [0.1, 0.15) is 12.0 Å². The molecule has 0 aliphatic heterocycles. The first-order valence-electron chi connectivity index (χ1n) is 8.03. The quantitative estimate of drug-likeness (QED) is 0.326. The van der Waals surface area contributed by atoms with E-state index in [1.807, 2.05) is 4.98 Å². The summed E-state index contributed by atoms with van der Waals surface area (Å²) in [6, 6.07) is 3.35. The van der Waals surface area contributed by atoms with Crippen LogP contribution in [0.2, 0.25) is 0 Å². The molecule has 1 aromatic carbocycles. The molecule has 2 aromatic rings. The summed E-state index contributed by atoms with van der Waals surface area (Å²) in [4.78, 5) is 36.1. The number of carbonyl (C=O) groups excluding carboxylic acids is 1. The molecular weight excluding hydrogens is 372 g/mol. The van der Waals surface area contributed by atoms with Crippen LogP contribution in [0, 0.1) is 0 Å². The van der Waals surface area contributed by atoms with Crippen LogP contribution in [0.15, 0.2) is 26.8 Å². The van der Waals surface area contributed by atoms with Crippen LogP contribution >= 0.6 is 0 Å². The standard InChI is InChI=1S/C16H20N6O6/c1-26-10-6-9(7-11(27-2)13(10)28-3)8-18-20-12(23)4-5-17-14-15(24)19-16(25)22-21-14/h6-8H,4-5H2,1-3H3,(H,17,21)(H,20,23)(H2,19,22,24,25)/b18-8+. The molecule has 1 heterocycles. The zero-order valence-corrected chi connectivity index (χ0v) is 15.5. The van der Waals surface area contributed by atoms with Crippen LogP contribution in [-0.2, 0) is 4.79 Å². The van der Waals surface area contributed by atoms with Crippen LogP contribution in [-0.4, -0.2) is 55.2 Å². The molecule has 4 N–H and O–H groups in total. The Bertz CT molecular complexity index is 942. The number of rotatable bonds is 9. The smallest absolute Gasteiger partial charge is 0.342 e. The van der Waals surface area contributed by atoms with Crippen molar-refractivity contribution in [1.29, 1.82) is 0 Å². The molecule has 150 valence electrons. The van der Waals surface area contributed by atoms with Crippen molar-refractivity contribution in [1.82, 2.24) is 20.6 Å². The fourth-order valence-electron chi connectivity index (χ4n) is 2.17. The van der Waals surface area contributed by atoms with Crippen LogP contribution in [0.5, 0.6) is 17.2 Å². The summed E-state index contributed by atoms with van der Waals surface area (Å²) in [7, 11) is 4.49. The lowest BCUT2D eigenvalue weighted by atomic mass is 10.2. The molecule has 12 nitrogen and oxygen atoms in total. The number of H-pyrrole nitrogens is 2. The van der Waals surface area contributed by atoms with Gasteiger partial charge in [0.2, 0.25) is 17.5 Å². The molecule has 1 aromatic heterocycles. The highest BCUT2D eigenvalue weighted by molar-refractivity contribution is 5.84. The maximum Gasteiger partial charge on any atom is 0.342 e.